The predicted octanol–water partition coefficient (Wildman–Crippen LogP) is 0.00689. The average Bonchev–Trinajstić information content (AvgIpc) is 2.14. The zero-order valence-electron chi connectivity index (χ0n) is 4.45. The molecule has 0 bridgehead atoms. The van der Waals surface area contributed by atoms with Crippen LogP contribution in [0.15, 0.2) is 0 Å². The Morgan fingerprint density at radius 3 is 2.75 bits per heavy atom. The number of rotatable bonds is 1. The minimum atomic E-state index is -0.315. The Hall–Kier alpha value is 0.270. The Labute approximate surface area is 52.9 Å². The van der Waals surface area contributed by atoms with Gasteiger partial charge in [-0.3, -0.25) is 0 Å². The second-order valence-electron chi connectivity index (χ2n) is 1.83. The third kappa shape index (κ3) is 1.16. The number of thioether (sulfide) groups is 1. The first kappa shape index (κ1) is 6.39. The smallest absolute Gasteiger partial charge is 0.0692 e. The van der Waals surface area contributed by atoms with Crippen molar-refractivity contribution in [2.75, 3.05) is 6.61 Å². The van der Waals surface area contributed by atoms with Gasteiger partial charge in [0.15, 0.2) is 0 Å². The van der Waals surface area contributed by atoms with Crippen LogP contribution in [-0.2, 0) is 0 Å². The molecule has 0 aliphatic carbocycles. The van der Waals surface area contributed by atoms with E-state index in [1.165, 1.54) is 11.8 Å². The molecule has 0 saturated carbocycles. The Kier molecular flexibility index (Phi) is 2.16. The van der Waals surface area contributed by atoms with E-state index in [4.69, 9.17) is 10.2 Å². The minimum absolute atomic E-state index is 0.0370. The highest BCUT2D eigenvalue weighted by molar-refractivity contribution is 8.02. The molecule has 1 heterocycles. The Balaban J connectivity index is 2.30. The largest absolute Gasteiger partial charge is 0.395 e. The first-order valence-electron chi connectivity index (χ1n) is 2.60. The van der Waals surface area contributed by atoms with Crippen LogP contribution in [0.3, 0.4) is 0 Å². The first-order valence-corrected chi connectivity index (χ1v) is 3.55. The second-order valence-corrected chi connectivity index (χ2v) is 3.04. The molecular weight excluding hydrogens is 124 g/mol. The monoisotopic (exact) mass is 133 g/mol. The molecule has 47 valence electrons. The Morgan fingerprint density at radius 2 is 2.50 bits per heavy atom. The molecule has 0 unspecified atom stereocenters. The number of aliphatic hydroxyl groups excluding tert-OH is 2. The van der Waals surface area contributed by atoms with E-state index in [9.17, 15) is 0 Å². The van der Waals surface area contributed by atoms with Crippen LogP contribution < -0.4 is 0 Å². The highest BCUT2D eigenvalue weighted by atomic mass is 32.2. The van der Waals surface area contributed by atoms with Crippen molar-refractivity contribution in [3.63, 3.8) is 0 Å². The number of hydrogen-bond acceptors (Lipinski definition) is 3. The maximum absolute atomic E-state index is 8.98. The molecular formula is C5H9O2S. The standard InChI is InChI=1S/C5H9O2S/c6-3-5-4(7)1-2-8-5/h2,4-7H,1,3H2/t4-,5+/m1/s1. The highest BCUT2D eigenvalue weighted by Crippen LogP contribution is 2.29. The molecule has 0 spiro atoms. The third-order valence-electron chi connectivity index (χ3n) is 1.22. The third-order valence-corrected chi connectivity index (χ3v) is 2.42. The Bertz CT molecular complexity index is 76.8. The molecule has 2 nitrogen and oxygen atoms in total. The highest BCUT2D eigenvalue weighted by Gasteiger charge is 2.24. The van der Waals surface area contributed by atoms with Gasteiger partial charge in [-0.25, -0.2) is 0 Å². The lowest BCUT2D eigenvalue weighted by atomic mass is 10.2. The molecule has 0 aromatic carbocycles. The van der Waals surface area contributed by atoms with Crippen molar-refractivity contribution in [3.8, 4) is 0 Å². The van der Waals surface area contributed by atoms with E-state index in [0.717, 1.165) is 6.42 Å². The first-order chi connectivity index (χ1) is 3.84. The van der Waals surface area contributed by atoms with E-state index >= 15 is 0 Å². The SMILES string of the molecule is OC[C@@H]1S[CH]C[C@H]1O. The fourth-order valence-corrected chi connectivity index (χ4v) is 1.62. The van der Waals surface area contributed by atoms with E-state index in [2.05, 4.69) is 0 Å². The molecule has 1 rings (SSSR count). The van der Waals surface area contributed by atoms with E-state index < -0.39 is 0 Å². The molecule has 0 aromatic heterocycles. The molecule has 3 heteroatoms. The molecule has 2 N–H and O–H groups in total. The van der Waals surface area contributed by atoms with Crippen LogP contribution in [-0.4, -0.2) is 28.2 Å². The van der Waals surface area contributed by atoms with E-state index in [1.807, 2.05) is 5.75 Å². The average molecular weight is 133 g/mol. The maximum Gasteiger partial charge on any atom is 0.0692 e. The maximum atomic E-state index is 8.98. The van der Waals surface area contributed by atoms with Crippen molar-refractivity contribution < 1.29 is 10.2 Å². The molecule has 1 fully saturated rings. The summed E-state index contributed by atoms with van der Waals surface area (Å²) in [5.41, 5.74) is 0. The van der Waals surface area contributed by atoms with Crippen LogP contribution in [0.4, 0.5) is 0 Å². The van der Waals surface area contributed by atoms with Crippen molar-refractivity contribution >= 4 is 11.8 Å². The van der Waals surface area contributed by atoms with Gasteiger partial charge in [-0.1, -0.05) is 0 Å². The van der Waals surface area contributed by atoms with Gasteiger partial charge in [0.2, 0.25) is 0 Å². The van der Waals surface area contributed by atoms with Crippen LogP contribution in [0, 0.1) is 5.75 Å². The molecule has 0 aromatic rings. The zero-order valence-corrected chi connectivity index (χ0v) is 5.27. The molecule has 0 amide bonds. The van der Waals surface area contributed by atoms with Gasteiger partial charge in [-0.2, -0.15) is 0 Å². The summed E-state index contributed by atoms with van der Waals surface area (Å²) in [6, 6.07) is 0. The Morgan fingerprint density at radius 1 is 1.75 bits per heavy atom. The van der Waals surface area contributed by atoms with Gasteiger partial charge in [-0.05, 0) is 6.42 Å². The van der Waals surface area contributed by atoms with Crippen molar-refractivity contribution in [2.45, 2.75) is 17.8 Å². The second kappa shape index (κ2) is 2.71. The van der Waals surface area contributed by atoms with E-state index in [1.54, 1.807) is 0 Å². The van der Waals surface area contributed by atoms with Crippen molar-refractivity contribution in [3.05, 3.63) is 5.75 Å². The van der Waals surface area contributed by atoms with Crippen LogP contribution >= 0.6 is 11.8 Å². The lowest BCUT2D eigenvalue weighted by Crippen LogP contribution is -2.20. The molecule has 1 aliphatic rings. The molecule has 1 aliphatic heterocycles. The van der Waals surface area contributed by atoms with E-state index in [0.29, 0.717) is 0 Å². The van der Waals surface area contributed by atoms with Gasteiger partial charge in [0, 0.05) is 5.75 Å². The fourth-order valence-electron chi connectivity index (χ4n) is 0.685. The minimum Gasteiger partial charge on any atom is -0.395 e. The lowest BCUT2D eigenvalue weighted by molar-refractivity contribution is 0.147. The lowest BCUT2D eigenvalue weighted by Gasteiger charge is -2.07. The number of aliphatic hydroxyl groups is 2. The zero-order chi connectivity index (χ0) is 5.98. The van der Waals surface area contributed by atoms with Crippen molar-refractivity contribution in [1.29, 1.82) is 0 Å². The molecule has 1 saturated heterocycles. The van der Waals surface area contributed by atoms with Crippen LogP contribution in [0.2, 0.25) is 0 Å². The summed E-state index contributed by atoms with van der Waals surface area (Å²) in [4.78, 5) is 0. The molecule has 8 heavy (non-hydrogen) atoms. The van der Waals surface area contributed by atoms with Gasteiger partial charge in [-0.15, -0.1) is 11.8 Å². The summed E-state index contributed by atoms with van der Waals surface area (Å²) in [6.07, 6.45) is 0.403. The summed E-state index contributed by atoms with van der Waals surface area (Å²) in [6.45, 7) is 0.0856. The van der Waals surface area contributed by atoms with Gasteiger partial charge in [0.1, 0.15) is 0 Å². The molecule has 2 atom stereocenters. The van der Waals surface area contributed by atoms with Gasteiger partial charge < -0.3 is 10.2 Å². The summed E-state index contributed by atoms with van der Waals surface area (Å²) in [5.74, 6) is 1.94. The van der Waals surface area contributed by atoms with Crippen LogP contribution in [0.5, 0.6) is 0 Å². The topological polar surface area (TPSA) is 40.5 Å². The predicted molar refractivity (Wildman–Crippen MR) is 33.4 cm³/mol. The molecule has 1 radical (unpaired) electrons. The summed E-state index contributed by atoms with van der Waals surface area (Å²) in [7, 11) is 0. The van der Waals surface area contributed by atoms with Gasteiger partial charge >= 0.3 is 0 Å². The van der Waals surface area contributed by atoms with Crippen LogP contribution in [0.25, 0.3) is 0 Å². The van der Waals surface area contributed by atoms with Crippen LogP contribution in [0.1, 0.15) is 6.42 Å². The normalized spacial score (nSPS) is 38.2. The fraction of sp³-hybridized carbons (Fsp3) is 0.800. The van der Waals surface area contributed by atoms with Crippen molar-refractivity contribution in [1.82, 2.24) is 0 Å². The quantitative estimate of drug-likeness (QED) is 0.529. The van der Waals surface area contributed by atoms with Crippen molar-refractivity contribution in [2.24, 2.45) is 0 Å². The van der Waals surface area contributed by atoms with Gasteiger partial charge in [0.25, 0.3) is 0 Å². The summed E-state index contributed by atoms with van der Waals surface area (Å²) in [5, 5.41) is 17.5. The summed E-state index contributed by atoms with van der Waals surface area (Å²) >= 11 is 1.53. The summed E-state index contributed by atoms with van der Waals surface area (Å²) < 4.78 is 0. The van der Waals surface area contributed by atoms with Gasteiger partial charge in [0.05, 0.1) is 18.0 Å². The van der Waals surface area contributed by atoms with E-state index in [-0.39, 0.29) is 18.0 Å². The number of hydrogen-bond donors (Lipinski definition) is 2.